The lowest BCUT2D eigenvalue weighted by Crippen LogP contribution is -2.01. The number of rotatable bonds is 5. The van der Waals surface area contributed by atoms with Crippen LogP contribution in [0.5, 0.6) is 0 Å². The van der Waals surface area contributed by atoms with E-state index in [1.807, 2.05) is 78.9 Å². The molecule has 10 rings (SSSR count). The molecular formula is C45H28N4O. The Morgan fingerprint density at radius 3 is 1.52 bits per heavy atom. The molecular weight excluding hydrogens is 613 g/mol. The quantitative estimate of drug-likeness (QED) is 0.188. The number of hydrogen-bond acceptors (Lipinski definition) is 4. The molecule has 0 saturated carbocycles. The predicted octanol–water partition coefficient (Wildman–Crippen LogP) is 11.5. The van der Waals surface area contributed by atoms with E-state index < -0.39 is 0 Å². The van der Waals surface area contributed by atoms with Crippen molar-refractivity contribution in [2.75, 3.05) is 0 Å². The third-order valence-corrected chi connectivity index (χ3v) is 9.43. The van der Waals surface area contributed by atoms with Crippen LogP contribution in [0.4, 0.5) is 0 Å². The third kappa shape index (κ3) is 4.60. The van der Waals surface area contributed by atoms with Crippen LogP contribution in [0.25, 0.3) is 94.7 Å². The van der Waals surface area contributed by atoms with Gasteiger partial charge in [0.05, 0.1) is 11.0 Å². The summed E-state index contributed by atoms with van der Waals surface area (Å²) in [5, 5.41) is 4.57. The Balaban J connectivity index is 1.30. The molecule has 3 aromatic heterocycles. The van der Waals surface area contributed by atoms with E-state index in [1.165, 1.54) is 10.8 Å². The Kier molecular flexibility index (Phi) is 6.42. The van der Waals surface area contributed by atoms with Crippen LogP contribution < -0.4 is 0 Å². The molecule has 0 bridgehead atoms. The summed E-state index contributed by atoms with van der Waals surface area (Å²) < 4.78 is 8.69. The van der Waals surface area contributed by atoms with E-state index >= 15 is 0 Å². The van der Waals surface area contributed by atoms with E-state index in [1.54, 1.807) is 0 Å². The second-order valence-electron chi connectivity index (χ2n) is 12.5. The fourth-order valence-electron chi connectivity index (χ4n) is 7.18. The SMILES string of the molecule is c1ccc(-c2nc(-c3ccccc3)nc(-c3cc(-c4cccc5oc6ccccc6c45)cc(-n4c5ccccc5c5ccccc54)c3)n2)cc1. The number of fused-ring (bicyclic) bond motifs is 6. The van der Waals surface area contributed by atoms with E-state index in [0.29, 0.717) is 17.5 Å². The number of furan rings is 1. The minimum absolute atomic E-state index is 0.603. The van der Waals surface area contributed by atoms with Gasteiger partial charge in [0.2, 0.25) is 0 Å². The molecule has 3 heterocycles. The molecule has 0 spiro atoms. The molecule has 0 aliphatic heterocycles. The summed E-state index contributed by atoms with van der Waals surface area (Å²) >= 11 is 0. The molecule has 0 aliphatic carbocycles. The van der Waals surface area contributed by atoms with Crippen LogP contribution in [0.2, 0.25) is 0 Å². The van der Waals surface area contributed by atoms with Crippen LogP contribution in [0.15, 0.2) is 174 Å². The maximum absolute atomic E-state index is 6.34. The first kappa shape index (κ1) is 28.2. The van der Waals surface area contributed by atoms with Gasteiger partial charge in [-0.25, -0.2) is 15.0 Å². The standard InChI is InChI=1S/C45H28N4O/c1-3-14-29(15-4-1)43-46-44(30-16-5-2-6-17-30)48-45(47-43)32-26-31(34-21-13-25-41-42(34)37-20-9-12-24-40(37)50-41)27-33(28-32)49-38-22-10-7-18-35(38)36-19-8-11-23-39(36)49/h1-28H. The average molecular weight is 641 g/mol. The van der Waals surface area contributed by atoms with Gasteiger partial charge in [-0.3, -0.25) is 0 Å². The normalized spacial score (nSPS) is 11.6. The van der Waals surface area contributed by atoms with E-state index in [-0.39, 0.29) is 0 Å². The summed E-state index contributed by atoms with van der Waals surface area (Å²) in [4.78, 5) is 15.2. The maximum atomic E-state index is 6.34. The van der Waals surface area contributed by atoms with Gasteiger partial charge in [-0.15, -0.1) is 0 Å². The van der Waals surface area contributed by atoms with Gasteiger partial charge in [-0.1, -0.05) is 127 Å². The topological polar surface area (TPSA) is 56.7 Å². The summed E-state index contributed by atoms with van der Waals surface area (Å²) in [5.41, 5.74) is 9.88. The second kappa shape index (κ2) is 11.4. The fraction of sp³-hybridized carbons (Fsp3) is 0. The van der Waals surface area contributed by atoms with Crippen LogP contribution in [-0.4, -0.2) is 19.5 Å². The first-order valence-corrected chi connectivity index (χ1v) is 16.7. The molecule has 5 nitrogen and oxygen atoms in total. The molecule has 50 heavy (non-hydrogen) atoms. The van der Waals surface area contributed by atoms with Gasteiger partial charge in [-0.2, -0.15) is 0 Å². The Labute approximate surface area is 287 Å². The predicted molar refractivity (Wildman–Crippen MR) is 203 cm³/mol. The van der Waals surface area contributed by atoms with Crippen LogP contribution in [0.3, 0.4) is 0 Å². The highest BCUT2D eigenvalue weighted by molar-refractivity contribution is 6.13. The minimum Gasteiger partial charge on any atom is -0.456 e. The number of nitrogens with zero attached hydrogens (tertiary/aromatic N) is 4. The fourth-order valence-corrected chi connectivity index (χ4v) is 7.18. The maximum Gasteiger partial charge on any atom is 0.164 e. The van der Waals surface area contributed by atoms with Gasteiger partial charge in [0.1, 0.15) is 11.2 Å². The lowest BCUT2D eigenvalue weighted by molar-refractivity contribution is 0.669. The summed E-state index contributed by atoms with van der Waals surface area (Å²) in [6.07, 6.45) is 0. The first-order valence-electron chi connectivity index (χ1n) is 16.7. The van der Waals surface area contributed by atoms with Crippen LogP contribution in [0.1, 0.15) is 0 Å². The Morgan fingerprint density at radius 1 is 0.380 bits per heavy atom. The summed E-state index contributed by atoms with van der Waals surface area (Å²) in [6, 6.07) is 58.6. The molecule has 0 radical (unpaired) electrons. The highest BCUT2D eigenvalue weighted by atomic mass is 16.3. The Bertz CT molecular complexity index is 2760. The molecule has 0 saturated heterocycles. The van der Waals surface area contributed by atoms with E-state index in [9.17, 15) is 0 Å². The number of hydrogen-bond donors (Lipinski definition) is 0. The lowest BCUT2D eigenvalue weighted by Gasteiger charge is -2.15. The number of aromatic nitrogens is 4. The Hall–Kier alpha value is -6.85. The zero-order valence-electron chi connectivity index (χ0n) is 26.9. The van der Waals surface area contributed by atoms with Crippen molar-refractivity contribution in [2.45, 2.75) is 0 Å². The van der Waals surface area contributed by atoms with Gasteiger partial charge >= 0.3 is 0 Å². The zero-order valence-corrected chi connectivity index (χ0v) is 26.9. The van der Waals surface area contributed by atoms with Gasteiger partial charge < -0.3 is 8.98 Å². The zero-order chi connectivity index (χ0) is 33.0. The van der Waals surface area contributed by atoms with Gasteiger partial charge in [-0.05, 0) is 53.6 Å². The van der Waals surface area contributed by atoms with Gasteiger partial charge in [0, 0.05) is 43.9 Å². The van der Waals surface area contributed by atoms with Crippen LogP contribution in [-0.2, 0) is 0 Å². The van der Waals surface area contributed by atoms with Crippen molar-refractivity contribution in [1.82, 2.24) is 19.5 Å². The molecule has 0 amide bonds. The van der Waals surface area contributed by atoms with Crippen molar-refractivity contribution < 1.29 is 4.42 Å². The molecule has 0 fully saturated rings. The van der Waals surface area contributed by atoms with Crippen molar-refractivity contribution in [2.24, 2.45) is 0 Å². The lowest BCUT2D eigenvalue weighted by atomic mass is 9.97. The number of benzene rings is 7. The molecule has 234 valence electrons. The van der Waals surface area contributed by atoms with Crippen molar-refractivity contribution in [1.29, 1.82) is 0 Å². The smallest absolute Gasteiger partial charge is 0.164 e. The molecule has 0 unspecified atom stereocenters. The number of para-hydroxylation sites is 3. The minimum atomic E-state index is 0.603. The Morgan fingerprint density at radius 2 is 0.880 bits per heavy atom. The van der Waals surface area contributed by atoms with Crippen LogP contribution in [0, 0.1) is 0 Å². The van der Waals surface area contributed by atoms with Crippen molar-refractivity contribution in [3.8, 4) is 51.0 Å². The summed E-state index contributed by atoms with van der Waals surface area (Å²) in [5.74, 6) is 1.85. The van der Waals surface area contributed by atoms with Crippen molar-refractivity contribution >= 4 is 43.7 Å². The summed E-state index contributed by atoms with van der Waals surface area (Å²) in [6.45, 7) is 0. The largest absolute Gasteiger partial charge is 0.456 e. The highest BCUT2D eigenvalue weighted by Crippen LogP contribution is 2.40. The highest BCUT2D eigenvalue weighted by Gasteiger charge is 2.19. The van der Waals surface area contributed by atoms with E-state index in [0.717, 1.165) is 66.5 Å². The van der Waals surface area contributed by atoms with E-state index in [4.69, 9.17) is 19.4 Å². The molecule has 5 heteroatoms. The molecule has 7 aromatic carbocycles. The average Bonchev–Trinajstić information content (AvgIpc) is 3.74. The molecule has 0 aliphatic rings. The molecule has 0 N–H and O–H groups in total. The van der Waals surface area contributed by atoms with Crippen molar-refractivity contribution in [3.05, 3.63) is 170 Å². The monoisotopic (exact) mass is 640 g/mol. The van der Waals surface area contributed by atoms with Crippen molar-refractivity contribution in [3.63, 3.8) is 0 Å². The molecule has 0 atom stereocenters. The summed E-state index contributed by atoms with van der Waals surface area (Å²) in [7, 11) is 0. The van der Waals surface area contributed by atoms with E-state index in [2.05, 4.69) is 95.6 Å². The van der Waals surface area contributed by atoms with Crippen LogP contribution >= 0.6 is 0 Å². The first-order chi connectivity index (χ1) is 24.8. The third-order valence-electron chi connectivity index (χ3n) is 9.43. The van der Waals surface area contributed by atoms with Gasteiger partial charge in [0.25, 0.3) is 0 Å². The molecule has 10 aromatic rings. The van der Waals surface area contributed by atoms with Gasteiger partial charge in [0.15, 0.2) is 17.5 Å². The second-order valence-corrected chi connectivity index (χ2v) is 12.5.